The Balaban J connectivity index is 1.92. The van der Waals surface area contributed by atoms with Crippen molar-refractivity contribution in [3.63, 3.8) is 0 Å². The molecule has 2 aliphatic rings. The molecule has 0 amide bonds. The third-order valence-electron chi connectivity index (χ3n) is 4.46. The van der Waals surface area contributed by atoms with E-state index in [1.165, 1.54) is 11.1 Å². The van der Waals surface area contributed by atoms with Crippen LogP contribution in [0, 0.1) is 6.92 Å². The van der Waals surface area contributed by atoms with E-state index in [0.717, 1.165) is 16.9 Å². The van der Waals surface area contributed by atoms with Gasteiger partial charge < -0.3 is 0 Å². The fourth-order valence-corrected chi connectivity index (χ4v) is 3.73. The average Bonchev–Trinajstić information content (AvgIpc) is 3.11. The van der Waals surface area contributed by atoms with E-state index in [2.05, 4.69) is 33.0 Å². The molecule has 2 aliphatic heterocycles. The van der Waals surface area contributed by atoms with E-state index >= 15 is 0 Å². The Hall–Kier alpha value is -1.18. The van der Waals surface area contributed by atoms with E-state index < -0.39 is 19.5 Å². The number of benzene rings is 1. The normalized spacial score (nSPS) is 28.7. The van der Waals surface area contributed by atoms with Crippen molar-refractivity contribution in [1.82, 2.24) is 7.61 Å². The van der Waals surface area contributed by atoms with Crippen LogP contribution in [0.4, 0.5) is 11.4 Å². The van der Waals surface area contributed by atoms with Gasteiger partial charge in [0.1, 0.15) is 0 Å². The van der Waals surface area contributed by atoms with Crippen LogP contribution in [0.15, 0.2) is 43.0 Å². The van der Waals surface area contributed by atoms with Crippen molar-refractivity contribution >= 4 is 11.4 Å². The molecular formula is C17H23CdN4. The summed E-state index contributed by atoms with van der Waals surface area (Å²) in [5.74, 6) is 0. The molecule has 0 fully saturated rings. The molecule has 0 saturated heterocycles. The van der Waals surface area contributed by atoms with Crippen LogP contribution in [0.5, 0.6) is 0 Å². The number of nitrogens with zero attached hydrogens (tertiary/aromatic N) is 4. The molecular weight excluding hydrogens is 373 g/mol. The van der Waals surface area contributed by atoms with Crippen molar-refractivity contribution in [2.45, 2.75) is 40.0 Å². The van der Waals surface area contributed by atoms with Crippen LogP contribution in [0.25, 0.3) is 0 Å². The fourth-order valence-electron chi connectivity index (χ4n) is 2.96. The van der Waals surface area contributed by atoms with E-state index in [9.17, 15) is 0 Å². The van der Waals surface area contributed by atoms with Crippen LogP contribution in [-0.4, -0.2) is 26.4 Å². The molecule has 2 atom stereocenters. The summed E-state index contributed by atoms with van der Waals surface area (Å²) in [4.78, 5) is 5.42. The van der Waals surface area contributed by atoms with Gasteiger partial charge in [0, 0.05) is 0 Å². The Morgan fingerprint density at radius 3 is 2.32 bits per heavy atom. The molecule has 0 aromatic heterocycles. The van der Waals surface area contributed by atoms with Gasteiger partial charge in [-0.15, -0.1) is 0 Å². The summed E-state index contributed by atoms with van der Waals surface area (Å²) in [5.41, 5.74) is 3.11. The van der Waals surface area contributed by atoms with Gasteiger partial charge in [-0.05, 0) is 0 Å². The summed E-state index contributed by atoms with van der Waals surface area (Å²) < 4.78 is 41.1. The van der Waals surface area contributed by atoms with Gasteiger partial charge in [-0.1, -0.05) is 0 Å². The van der Waals surface area contributed by atoms with Crippen LogP contribution in [0.3, 0.4) is 0 Å². The van der Waals surface area contributed by atoms with E-state index in [1.54, 1.807) is 6.20 Å². The molecule has 0 radical (unpaired) electrons. The Bertz CT molecular complexity index is 779. The van der Waals surface area contributed by atoms with Crippen molar-refractivity contribution in [3.05, 3.63) is 48.6 Å². The molecule has 0 N–H and O–H groups in total. The van der Waals surface area contributed by atoms with Crippen molar-refractivity contribution < 1.29 is 32.9 Å². The van der Waals surface area contributed by atoms with Crippen LogP contribution in [0.1, 0.15) is 33.1 Å². The quantitative estimate of drug-likeness (QED) is 0.721. The second kappa shape index (κ2) is 6.14. The second-order valence-corrected chi connectivity index (χ2v) is 7.71. The van der Waals surface area contributed by atoms with E-state index in [4.69, 9.17) is 6.85 Å². The van der Waals surface area contributed by atoms with Gasteiger partial charge in [0.15, 0.2) is 0 Å². The Morgan fingerprint density at radius 2 is 1.73 bits per heavy atom. The molecule has 113 valence electrons. The van der Waals surface area contributed by atoms with Gasteiger partial charge in [0.2, 0.25) is 0 Å². The first-order valence-electron chi connectivity index (χ1n) is 9.87. The van der Waals surface area contributed by atoms with Crippen molar-refractivity contribution in [3.8, 4) is 0 Å². The van der Waals surface area contributed by atoms with E-state index in [1.807, 2.05) is 30.9 Å². The summed E-state index contributed by atoms with van der Waals surface area (Å²) in [7, 11) is 0. The zero-order valence-corrected chi connectivity index (χ0v) is 17.2. The minimum absolute atomic E-state index is 0.276. The number of hydrogen-bond acceptors (Lipinski definition) is 4. The maximum atomic E-state index is 8.07. The summed E-state index contributed by atoms with van der Waals surface area (Å²) in [6.45, 7) is 0.852. The zero-order chi connectivity index (χ0) is 20.1. The first-order chi connectivity index (χ1) is 12.5. The molecule has 2 heterocycles. The predicted molar refractivity (Wildman–Crippen MR) is 87.6 cm³/mol. The third kappa shape index (κ3) is 2.51. The Labute approximate surface area is 156 Å². The van der Waals surface area contributed by atoms with Crippen LogP contribution >= 0.6 is 0 Å². The molecule has 0 aliphatic carbocycles. The van der Waals surface area contributed by atoms with Crippen LogP contribution < -0.4 is 9.80 Å². The predicted octanol–water partition coefficient (Wildman–Crippen LogP) is 3.36. The van der Waals surface area contributed by atoms with E-state index in [0.29, 0.717) is 26.1 Å². The van der Waals surface area contributed by atoms with E-state index in [-0.39, 0.29) is 6.17 Å². The molecule has 1 aromatic carbocycles. The molecule has 22 heavy (non-hydrogen) atoms. The van der Waals surface area contributed by atoms with Crippen LogP contribution in [-0.2, 0) is 26.1 Å². The molecule has 1 aromatic rings. The molecule has 0 unspecified atom stereocenters. The Morgan fingerprint density at radius 1 is 1.09 bits per heavy atom. The molecule has 0 spiro atoms. The molecule has 0 saturated carbocycles. The third-order valence-corrected chi connectivity index (χ3v) is 6.57. The summed E-state index contributed by atoms with van der Waals surface area (Å²) in [6.07, 6.45) is 7.30. The summed E-state index contributed by atoms with van der Waals surface area (Å²) >= 11 is 0.703. The topological polar surface area (TPSA) is 13.0 Å². The minimum atomic E-state index is -2.73. The Kier molecular flexibility index (Phi) is 2.95. The van der Waals surface area contributed by atoms with Gasteiger partial charge >= 0.3 is 157 Å². The van der Waals surface area contributed by atoms with Gasteiger partial charge in [0.25, 0.3) is 0 Å². The second-order valence-electron chi connectivity index (χ2n) is 5.63. The first kappa shape index (κ1) is 10.6. The number of hydrogen-bond donors (Lipinski definition) is 0. The standard InChI is InChI=1S/C17H23N4.Cd/c1-5-19-11-12-21(15(19)4)17-8-6-7-16(13(17)2)20-10-9-18-14(20)3;/h6-12,14-15H,5H2,1-4H3;/q-1;+1/t14-,15+;/m0./s1/i1D3,5D2;. The average molecular weight is 401 g/mol. The van der Waals surface area contributed by atoms with Crippen molar-refractivity contribution in [1.29, 1.82) is 0 Å². The number of rotatable bonds is 3. The van der Waals surface area contributed by atoms with Crippen molar-refractivity contribution in [2.75, 3.05) is 16.3 Å². The molecule has 4 nitrogen and oxygen atoms in total. The molecule has 0 bridgehead atoms. The fraction of sp³-hybridized carbons (Fsp3) is 0.412. The van der Waals surface area contributed by atoms with Gasteiger partial charge in [0.05, 0.1) is 0 Å². The molecule has 3 rings (SSSR count). The van der Waals surface area contributed by atoms with Crippen LogP contribution in [0.2, 0.25) is 0 Å². The maximum absolute atomic E-state index is 8.07. The molecule has 5 heteroatoms. The van der Waals surface area contributed by atoms with Crippen molar-refractivity contribution in [2.24, 2.45) is 0 Å². The zero-order valence-electron chi connectivity index (χ0n) is 18.2. The van der Waals surface area contributed by atoms with Gasteiger partial charge in [-0.25, -0.2) is 0 Å². The first-order valence-corrected chi connectivity index (χ1v) is 9.17. The summed E-state index contributed by atoms with van der Waals surface area (Å²) in [6, 6.07) is 6.05. The van der Waals surface area contributed by atoms with Gasteiger partial charge in [-0.3, -0.25) is 0 Å². The van der Waals surface area contributed by atoms with Gasteiger partial charge in [-0.2, -0.15) is 0 Å². The SMILES string of the molecule is [2H]C([2H])([2H])C([2H])([2H])N1C=CN(c2cccc(N3C=C[N]([Cd])[C@@H]3C)c2C)[C@@H]1C. The summed E-state index contributed by atoms with van der Waals surface area (Å²) in [5, 5.41) is 0. The monoisotopic (exact) mass is 402 g/mol. The number of anilines is 2.